The van der Waals surface area contributed by atoms with Gasteiger partial charge < -0.3 is 0 Å². The first kappa shape index (κ1) is 24.8. The number of halogens is 3. The lowest BCUT2D eigenvalue weighted by molar-refractivity contribution is -0.106. The van der Waals surface area contributed by atoms with Crippen LogP contribution in [0.3, 0.4) is 0 Å². The van der Waals surface area contributed by atoms with E-state index < -0.39 is 39.4 Å². The van der Waals surface area contributed by atoms with Crippen molar-refractivity contribution in [1.82, 2.24) is 9.71 Å². The van der Waals surface area contributed by atoms with Crippen LogP contribution in [-0.4, -0.2) is 34.1 Å². The lowest BCUT2D eigenvalue weighted by atomic mass is 10.0. The fraction of sp³-hybridized carbons (Fsp3) is 0.235. The van der Waals surface area contributed by atoms with Crippen LogP contribution < -0.4 is 10.2 Å². The van der Waals surface area contributed by atoms with E-state index in [1.807, 2.05) is 17.5 Å². The maximum Gasteiger partial charge on any atom is 0.404 e. The van der Waals surface area contributed by atoms with Crippen molar-refractivity contribution in [3.63, 3.8) is 0 Å². The zero-order valence-electron chi connectivity index (χ0n) is 15.9. The predicted molar refractivity (Wildman–Crippen MR) is 117 cm³/mol. The van der Waals surface area contributed by atoms with Crippen LogP contribution in [0.4, 0.5) is 18.9 Å². The molecule has 0 aliphatic carbocycles. The highest BCUT2D eigenvalue weighted by atomic mass is 32.2. The Labute approximate surface area is 192 Å². The van der Waals surface area contributed by atoms with Crippen molar-refractivity contribution >= 4 is 49.7 Å². The number of hydrogen-bond acceptors (Lipinski definition) is 8. The van der Waals surface area contributed by atoms with E-state index in [0.29, 0.717) is 22.0 Å². The Kier molecular flexibility index (Phi) is 8.02. The molecule has 2 atom stereocenters. The summed E-state index contributed by atoms with van der Waals surface area (Å²) in [6, 6.07) is 8.78. The summed E-state index contributed by atoms with van der Waals surface area (Å²) in [5, 5.41) is 4.09. The van der Waals surface area contributed by atoms with E-state index in [9.17, 15) is 25.8 Å². The van der Waals surface area contributed by atoms with E-state index >= 15 is 0 Å². The van der Waals surface area contributed by atoms with Crippen molar-refractivity contribution < 1.29 is 34.6 Å². The van der Waals surface area contributed by atoms with E-state index in [-0.39, 0.29) is 6.42 Å². The highest BCUT2D eigenvalue weighted by Gasteiger charge is 2.36. The molecule has 0 aliphatic rings. The van der Waals surface area contributed by atoms with E-state index in [2.05, 4.69) is 19.5 Å². The van der Waals surface area contributed by atoms with E-state index in [1.54, 1.807) is 17.5 Å². The molecular formula is C17H16F3N3O5S4. The van der Waals surface area contributed by atoms with Crippen LogP contribution in [0.1, 0.15) is 17.3 Å². The van der Waals surface area contributed by atoms with Crippen LogP contribution in [0.15, 0.2) is 47.2 Å². The quantitative estimate of drug-likeness (QED) is 0.268. The molecule has 0 saturated heterocycles. The summed E-state index contributed by atoms with van der Waals surface area (Å²) in [7, 11) is -4.68. The van der Waals surface area contributed by atoms with Gasteiger partial charge in [0, 0.05) is 5.38 Å². The summed E-state index contributed by atoms with van der Waals surface area (Å²) in [6.07, 6.45) is -4.86. The third kappa shape index (κ3) is 7.61. The minimum atomic E-state index is -4.89. The normalized spacial score (nSPS) is 14.2. The molecule has 0 radical (unpaired) electrons. The summed E-state index contributed by atoms with van der Waals surface area (Å²) in [6.45, 7) is 0. The van der Waals surface area contributed by atoms with Crippen LogP contribution >= 0.6 is 22.7 Å². The van der Waals surface area contributed by atoms with E-state index in [0.717, 1.165) is 4.88 Å². The van der Waals surface area contributed by atoms with Crippen molar-refractivity contribution in [1.29, 1.82) is 0 Å². The first-order chi connectivity index (χ1) is 15.0. The van der Waals surface area contributed by atoms with Gasteiger partial charge in [0.1, 0.15) is 5.01 Å². The van der Waals surface area contributed by atoms with Gasteiger partial charge in [-0.3, -0.25) is 4.55 Å². The molecule has 3 rings (SSSR count). The molecule has 0 fully saturated rings. The fourth-order valence-electron chi connectivity index (χ4n) is 2.67. The van der Waals surface area contributed by atoms with Crippen LogP contribution in [0, 0.1) is 0 Å². The van der Waals surface area contributed by atoms with Crippen LogP contribution in [-0.2, 0) is 32.1 Å². The van der Waals surface area contributed by atoms with Crippen molar-refractivity contribution in [2.24, 2.45) is 0 Å². The number of nitrogens with zero attached hydrogens (tertiary/aromatic N) is 1. The molecule has 0 saturated carbocycles. The Bertz CT molecular complexity index is 1150. The zero-order chi connectivity index (χ0) is 23.4. The second-order valence-corrected chi connectivity index (χ2v) is 10.6. The third-order valence-electron chi connectivity index (χ3n) is 3.91. The average Bonchev–Trinajstić information content (AvgIpc) is 3.36. The van der Waals surface area contributed by atoms with Gasteiger partial charge in [-0.25, -0.2) is 23.6 Å². The first-order valence-electron chi connectivity index (χ1n) is 8.70. The van der Waals surface area contributed by atoms with Gasteiger partial charge >= 0.3 is 17.5 Å². The molecule has 3 aromatic rings. The molecule has 8 nitrogen and oxygen atoms in total. The molecule has 3 N–H and O–H groups in total. The number of sulfonamides is 1. The number of thiophene rings is 1. The van der Waals surface area contributed by atoms with Gasteiger partial charge in [-0.1, -0.05) is 18.2 Å². The van der Waals surface area contributed by atoms with Crippen LogP contribution in [0.5, 0.6) is 0 Å². The second-order valence-electron chi connectivity index (χ2n) is 6.40. The Balaban J connectivity index is 1.83. The van der Waals surface area contributed by atoms with Gasteiger partial charge in [0.05, 0.1) is 22.3 Å². The molecule has 15 heteroatoms. The zero-order valence-corrected chi connectivity index (χ0v) is 19.2. The maximum atomic E-state index is 12.7. The SMILES string of the molecule is O=S(O)ONc1ccc(C[C@H](NS(=O)(=O)CC(F)(F)F)c2csc(-c3cccs3)n2)cc1. The van der Waals surface area contributed by atoms with Gasteiger partial charge in [0.15, 0.2) is 5.75 Å². The summed E-state index contributed by atoms with van der Waals surface area (Å²) >= 11 is 0.175. The summed E-state index contributed by atoms with van der Waals surface area (Å²) in [4.78, 5) is 5.28. The molecule has 0 bridgehead atoms. The summed E-state index contributed by atoms with van der Waals surface area (Å²) in [5.41, 5.74) is 3.47. The minimum absolute atomic E-state index is 0.0256. The molecule has 1 unspecified atom stereocenters. The van der Waals surface area contributed by atoms with Crippen molar-refractivity contribution in [3.05, 3.63) is 58.4 Å². The lowest BCUT2D eigenvalue weighted by Crippen LogP contribution is -2.37. The van der Waals surface area contributed by atoms with Gasteiger partial charge in [0.2, 0.25) is 10.0 Å². The number of hydrogen-bond donors (Lipinski definition) is 3. The average molecular weight is 528 g/mol. The molecular weight excluding hydrogens is 511 g/mol. The first-order valence-corrected chi connectivity index (χ1v) is 13.1. The number of nitrogens with one attached hydrogen (secondary N) is 2. The fourth-order valence-corrected chi connectivity index (χ4v) is 5.68. The highest BCUT2D eigenvalue weighted by molar-refractivity contribution is 7.89. The number of rotatable bonds is 10. The van der Waals surface area contributed by atoms with Crippen molar-refractivity contribution in [2.75, 3.05) is 11.2 Å². The van der Waals surface area contributed by atoms with E-state index in [1.165, 1.54) is 34.8 Å². The minimum Gasteiger partial charge on any atom is -0.282 e. The number of aromatic nitrogens is 1. The standard InChI is InChI=1S/C17H16F3N3O5S4/c18-17(19,20)10-32(26,27)23-13(14-9-30-16(21-14)15-2-1-7-29-15)8-11-3-5-12(6-4-11)22-28-31(24)25/h1-7,9,13,22-23H,8,10H2,(H,24,25)/t13-/m0/s1. The van der Waals surface area contributed by atoms with Crippen molar-refractivity contribution in [2.45, 2.75) is 18.6 Å². The number of benzene rings is 1. The third-order valence-corrected chi connectivity index (χ3v) is 7.39. The smallest absolute Gasteiger partial charge is 0.282 e. The van der Waals surface area contributed by atoms with Crippen LogP contribution in [0.2, 0.25) is 0 Å². The highest BCUT2D eigenvalue weighted by Crippen LogP contribution is 2.31. The summed E-state index contributed by atoms with van der Waals surface area (Å²) < 4.78 is 88.0. The predicted octanol–water partition coefficient (Wildman–Crippen LogP) is 4.12. The molecule has 2 heterocycles. The van der Waals surface area contributed by atoms with Crippen molar-refractivity contribution in [3.8, 4) is 9.88 Å². The monoisotopic (exact) mass is 527 g/mol. The summed E-state index contributed by atoms with van der Waals surface area (Å²) in [5.74, 6) is -2.00. The Hall–Kier alpha value is -1.88. The number of alkyl halides is 3. The molecule has 2 aromatic heterocycles. The second kappa shape index (κ2) is 10.4. The number of anilines is 1. The van der Waals surface area contributed by atoms with Gasteiger partial charge in [0.25, 0.3) is 0 Å². The molecule has 0 spiro atoms. The molecule has 32 heavy (non-hydrogen) atoms. The lowest BCUT2D eigenvalue weighted by Gasteiger charge is -2.18. The van der Waals surface area contributed by atoms with Crippen LogP contribution in [0.25, 0.3) is 9.88 Å². The maximum absolute atomic E-state index is 12.7. The number of thiazole rings is 1. The Morgan fingerprint density at radius 2 is 1.91 bits per heavy atom. The van der Waals surface area contributed by atoms with Gasteiger partial charge in [-0.05, 0) is 35.6 Å². The Morgan fingerprint density at radius 3 is 2.50 bits per heavy atom. The molecule has 0 amide bonds. The Morgan fingerprint density at radius 1 is 1.19 bits per heavy atom. The molecule has 1 aromatic carbocycles. The van der Waals surface area contributed by atoms with E-state index in [4.69, 9.17) is 4.55 Å². The topological polar surface area (TPSA) is 118 Å². The largest absolute Gasteiger partial charge is 0.404 e. The molecule has 0 aliphatic heterocycles. The van der Waals surface area contributed by atoms with Gasteiger partial charge in [-0.2, -0.15) is 17.4 Å². The van der Waals surface area contributed by atoms with Gasteiger partial charge in [-0.15, -0.1) is 27.0 Å². The molecule has 174 valence electrons.